The number of benzene rings is 2. The number of anilines is 3. The van der Waals surface area contributed by atoms with E-state index in [1.54, 1.807) is 24.9 Å². The minimum atomic E-state index is -4.40. The van der Waals surface area contributed by atoms with Crippen LogP contribution in [0.2, 0.25) is 0 Å². The lowest BCUT2D eigenvalue weighted by Crippen LogP contribution is -2.13. The Hall–Kier alpha value is -4.41. The monoisotopic (exact) mass is 532 g/mol. The van der Waals surface area contributed by atoms with E-state index in [0.29, 0.717) is 34.5 Å². The van der Waals surface area contributed by atoms with E-state index in [4.69, 9.17) is 4.98 Å². The van der Waals surface area contributed by atoms with Gasteiger partial charge in [0.1, 0.15) is 0 Å². The Morgan fingerprint density at radius 2 is 1.77 bits per heavy atom. The van der Waals surface area contributed by atoms with Crippen LogP contribution in [-0.2, 0) is 12.7 Å². The average Bonchev–Trinajstić information content (AvgIpc) is 3.63. The summed E-state index contributed by atoms with van der Waals surface area (Å²) in [6.07, 6.45) is 8.37. The van der Waals surface area contributed by atoms with Crippen LogP contribution in [0.1, 0.15) is 49.3 Å². The molecule has 3 aromatic heterocycles. The van der Waals surface area contributed by atoms with Gasteiger partial charge >= 0.3 is 6.18 Å². The first kappa shape index (κ1) is 24.9. The van der Waals surface area contributed by atoms with E-state index >= 15 is 0 Å². The third kappa shape index (κ3) is 5.43. The van der Waals surface area contributed by atoms with Crippen molar-refractivity contribution >= 4 is 28.6 Å². The summed E-state index contributed by atoms with van der Waals surface area (Å²) in [7, 11) is 0. The van der Waals surface area contributed by atoms with Crippen LogP contribution in [0.3, 0.4) is 0 Å². The van der Waals surface area contributed by atoms with Crippen LogP contribution in [0.25, 0.3) is 16.9 Å². The largest absolute Gasteiger partial charge is 0.416 e. The molecule has 0 aliphatic heterocycles. The summed E-state index contributed by atoms with van der Waals surface area (Å²) in [5.74, 6) is 0.839. The number of nitrogens with zero attached hydrogens (tertiary/aromatic N) is 6. The lowest BCUT2D eigenvalue weighted by Gasteiger charge is -2.23. The second-order valence-electron chi connectivity index (χ2n) is 9.71. The normalized spacial score (nSPS) is 14.5. The first-order valence-electron chi connectivity index (χ1n) is 12.9. The van der Waals surface area contributed by atoms with Crippen molar-refractivity contribution in [3.8, 4) is 5.69 Å². The Morgan fingerprint density at radius 3 is 2.51 bits per heavy atom. The molecule has 0 unspecified atom stereocenters. The van der Waals surface area contributed by atoms with Crippen molar-refractivity contribution in [3.05, 3.63) is 84.7 Å². The van der Waals surface area contributed by atoms with Gasteiger partial charge in [0.15, 0.2) is 17.0 Å². The van der Waals surface area contributed by atoms with Gasteiger partial charge in [-0.1, -0.05) is 31.4 Å². The third-order valence-electron chi connectivity index (χ3n) is 7.03. The van der Waals surface area contributed by atoms with Crippen molar-refractivity contribution < 1.29 is 13.2 Å². The minimum absolute atomic E-state index is 0.158. The number of imidazole rings is 2. The Bertz CT molecular complexity index is 1550. The molecule has 1 fully saturated rings. The van der Waals surface area contributed by atoms with Gasteiger partial charge in [0.05, 0.1) is 18.2 Å². The minimum Gasteiger partial charge on any atom is -0.364 e. The van der Waals surface area contributed by atoms with Gasteiger partial charge in [-0.3, -0.25) is 0 Å². The quantitative estimate of drug-likeness (QED) is 0.237. The van der Waals surface area contributed by atoms with Crippen LogP contribution in [-0.4, -0.2) is 29.1 Å². The summed E-state index contributed by atoms with van der Waals surface area (Å²) in [5.41, 5.74) is 2.86. The molecule has 11 heteroatoms. The Morgan fingerprint density at radius 1 is 0.949 bits per heavy atom. The standard InChI is InChI=1S/C28H27F3N8/c29-28(30,31)20-6-4-5-19(15-20)16-33-25-24-26(39(18-34-24)23-7-2-1-3-8-23)37-27(36-25)35-21-9-11-22(12-10-21)38-14-13-32-17-38/h4-6,9-15,17-18,23H,1-3,7-8,16H2,(H2,33,35,36,37). The molecule has 0 amide bonds. The topological polar surface area (TPSA) is 85.5 Å². The van der Waals surface area contributed by atoms with Crippen molar-refractivity contribution in [2.45, 2.75) is 50.9 Å². The van der Waals surface area contributed by atoms with Crippen molar-refractivity contribution in [2.75, 3.05) is 10.6 Å². The van der Waals surface area contributed by atoms with E-state index in [-0.39, 0.29) is 6.54 Å². The van der Waals surface area contributed by atoms with E-state index < -0.39 is 11.7 Å². The number of aromatic nitrogens is 6. The van der Waals surface area contributed by atoms with Crippen molar-refractivity contribution in [3.63, 3.8) is 0 Å². The number of alkyl halides is 3. The molecular formula is C28H27F3N8. The number of hydrogen-bond acceptors (Lipinski definition) is 6. The van der Waals surface area contributed by atoms with E-state index in [2.05, 4.69) is 30.2 Å². The first-order chi connectivity index (χ1) is 18.9. The first-order valence-corrected chi connectivity index (χ1v) is 12.9. The highest BCUT2D eigenvalue weighted by atomic mass is 19.4. The van der Waals surface area contributed by atoms with E-state index in [1.807, 2.05) is 35.0 Å². The molecule has 6 rings (SSSR count). The van der Waals surface area contributed by atoms with Crippen LogP contribution in [0, 0.1) is 0 Å². The van der Waals surface area contributed by atoms with Crippen LogP contribution >= 0.6 is 0 Å². The van der Waals surface area contributed by atoms with Crippen molar-refractivity contribution in [2.24, 2.45) is 0 Å². The summed E-state index contributed by atoms with van der Waals surface area (Å²) >= 11 is 0. The van der Waals surface area contributed by atoms with Gasteiger partial charge in [0.25, 0.3) is 0 Å². The molecule has 0 saturated heterocycles. The van der Waals surface area contributed by atoms with Gasteiger partial charge in [-0.05, 0) is 54.8 Å². The average molecular weight is 533 g/mol. The van der Waals surface area contributed by atoms with Crippen LogP contribution < -0.4 is 10.6 Å². The predicted octanol–water partition coefficient (Wildman–Crippen LogP) is 6.89. The third-order valence-corrected chi connectivity index (χ3v) is 7.03. The van der Waals surface area contributed by atoms with E-state index in [0.717, 1.165) is 49.2 Å². The highest BCUT2D eigenvalue weighted by Gasteiger charge is 2.30. The van der Waals surface area contributed by atoms with Crippen LogP contribution in [0.4, 0.5) is 30.6 Å². The SMILES string of the molecule is FC(F)(F)c1cccc(CNc2nc(Nc3ccc(-n4ccnc4)cc3)nc3c2ncn3C2CCCCC2)c1. The zero-order valence-electron chi connectivity index (χ0n) is 21.1. The maximum atomic E-state index is 13.2. The van der Waals surface area contributed by atoms with Gasteiger partial charge in [-0.25, -0.2) is 9.97 Å². The number of fused-ring (bicyclic) bond motifs is 1. The number of hydrogen-bond donors (Lipinski definition) is 2. The number of nitrogens with one attached hydrogen (secondary N) is 2. The molecule has 3 heterocycles. The van der Waals surface area contributed by atoms with Gasteiger partial charge in [0, 0.05) is 36.4 Å². The summed E-state index contributed by atoms with van der Waals surface area (Å²) in [6.45, 7) is 0.158. The van der Waals surface area contributed by atoms with Crippen LogP contribution in [0.15, 0.2) is 73.6 Å². The van der Waals surface area contributed by atoms with Gasteiger partial charge in [0.2, 0.25) is 5.95 Å². The smallest absolute Gasteiger partial charge is 0.364 e. The molecule has 2 aromatic carbocycles. The fourth-order valence-electron chi connectivity index (χ4n) is 5.02. The molecule has 1 aliphatic rings. The van der Waals surface area contributed by atoms with Crippen molar-refractivity contribution in [1.29, 1.82) is 0 Å². The Labute approximate surface area is 223 Å². The number of halogens is 3. The zero-order chi connectivity index (χ0) is 26.8. The molecule has 0 bridgehead atoms. The molecule has 8 nitrogen and oxygen atoms in total. The maximum absolute atomic E-state index is 13.2. The molecule has 1 aliphatic carbocycles. The second kappa shape index (κ2) is 10.4. The highest BCUT2D eigenvalue weighted by molar-refractivity contribution is 5.85. The zero-order valence-corrected chi connectivity index (χ0v) is 21.1. The highest BCUT2D eigenvalue weighted by Crippen LogP contribution is 2.33. The molecule has 200 valence electrons. The van der Waals surface area contributed by atoms with E-state index in [1.165, 1.54) is 12.5 Å². The molecule has 1 saturated carbocycles. The van der Waals surface area contributed by atoms with E-state index in [9.17, 15) is 13.2 Å². The maximum Gasteiger partial charge on any atom is 0.416 e. The summed E-state index contributed by atoms with van der Waals surface area (Å²) < 4.78 is 43.7. The van der Waals surface area contributed by atoms with Gasteiger partial charge < -0.3 is 19.8 Å². The fourth-order valence-corrected chi connectivity index (χ4v) is 5.02. The van der Waals surface area contributed by atoms with Gasteiger partial charge in [-0.2, -0.15) is 23.1 Å². The van der Waals surface area contributed by atoms with Gasteiger partial charge in [-0.15, -0.1) is 0 Å². The summed E-state index contributed by atoms with van der Waals surface area (Å²) in [5, 5.41) is 6.49. The summed E-state index contributed by atoms with van der Waals surface area (Å²) in [6, 6.07) is 13.4. The number of rotatable bonds is 7. The lowest BCUT2D eigenvalue weighted by molar-refractivity contribution is -0.137. The molecule has 5 aromatic rings. The van der Waals surface area contributed by atoms with Crippen LogP contribution in [0.5, 0.6) is 0 Å². The predicted molar refractivity (Wildman–Crippen MR) is 143 cm³/mol. The molecule has 0 radical (unpaired) electrons. The van der Waals surface area contributed by atoms with Crippen molar-refractivity contribution in [1.82, 2.24) is 29.1 Å². The Kier molecular flexibility index (Phi) is 6.64. The summed E-state index contributed by atoms with van der Waals surface area (Å²) in [4.78, 5) is 18.2. The molecular weight excluding hydrogens is 505 g/mol. The second-order valence-corrected chi connectivity index (χ2v) is 9.71. The molecule has 0 atom stereocenters. The molecule has 39 heavy (non-hydrogen) atoms. The molecule has 0 spiro atoms. The fraction of sp³-hybridized carbons (Fsp3) is 0.286. The Balaban J connectivity index is 1.31. The lowest BCUT2D eigenvalue weighted by atomic mass is 9.95. The molecule has 2 N–H and O–H groups in total.